The normalized spacial score (nSPS) is 42.8. The van der Waals surface area contributed by atoms with Crippen LogP contribution in [0.5, 0.6) is 0 Å². The molecule has 1 aliphatic carbocycles. The van der Waals surface area contributed by atoms with Gasteiger partial charge in [-0.25, -0.2) is 10.4 Å². The van der Waals surface area contributed by atoms with Gasteiger partial charge in [-0.05, 0) is 49.9 Å². The van der Waals surface area contributed by atoms with Crippen molar-refractivity contribution in [3.8, 4) is 0 Å². The van der Waals surface area contributed by atoms with Gasteiger partial charge in [0.1, 0.15) is 0 Å². The van der Waals surface area contributed by atoms with Crippen molar-refractivity contribution in [3.05, 3.63) is 0 Å². The quantitative estimate of drug-likeness (QED) is 0.690. The van der Waals surface area contributed by atoms with Crippen molar-refractivity contribution in [1.29, 1.82) is 0 Å². The third kappa shape index (κ3) is 4.16. The number of hydrogen-bond acceptors (Lipinski definition) is 3. The second-order valence-electron chi connectivity index (χ2n) is 9.16. The van der Waals surface area contributed by atoms with Gasteiger partial charge in [0.05, 0.1) is 0 Å². The Kier molecular flexibility index (Phi) is 6.13. The molecule has 3 aliphatic heterocycles. The fourth-order valence-corrected chi connectivity index (χ4v) is 6.00. The molecular formula is C21H39N3. The topological polar surface area (TPSA) is 18.5 Å². The van der Waals surface area contributed by atoms with E-state index < -0.39 is 0 Å². The molecule has 3 saturated heterocycles. The van der Waals surface area contributed by atoms with E-state index in [0.717, 1.165) is 23.8 Å². The van der Waals surface area contributed by atoms with Gasteiger partial charge in [0, 0.05) is 25.7 Å². The molecule has 1 N–H and O–H groups in total. The van der Waals surface area contributed by atoms with E-state index in [-0.39, 0.29) is 0 Å². The van der Waals surface area contributed by atoms with Crippen LogP contribution in [0.1, 0.15) is 89.9 Å². The molecule has 138 valence electrons. The fourth-order valence-electron chi connectivity index (χ4n) is 6.00. The van der Waals surface area contributed by atoms with Gasteiger partial charge in [-0.2, -0.15) is 5.12 Å². The van der Waals surface area contributed by atoms with E-state index in [1.165, 1.54) is 110 Å². The van der Waals surface area contributed by atoms with Crippen LogP contribution < -0.4 is 5.43 Å². The van der Waals surface area contributed by atoms with Crippen LogP contribution in [0.3, 0.4) is 0 Å². The van der Waals surface area contributed by atoms with Crippen molar-refractivity contribution >= 4 is 0 Å². The Hall–Kier alpha value is -0.120. The van der Waals surface area contributed by atoms with Crippen LogP contribution in [0.15, 0.2) is 0 Å². The Bertz CT molecular complexity index is 385. The summed E-state index contributed by atoms with van der Waals surface area (Å²) in [5.74, 6) is 2.93. The lowest BCUT2D eigenvalue weighted by Gasteiger charge is -2.44. The molecule has 5 atom stereocenters. The minimum atomic E-state index is 0.850. The van der Waals surface area contributed by atoms with Gasteiger partial charge >= 0.3 is 0 Å². The molecular weight excluding hydrogens is 294 g/mol. The lowest BCUT2D eigenvalue weighted by atomic mass is 9.77. The number of nitrogens with zero attached hydrogens (tertiary/aromatic N) is 2. The highest BCUT2D eigenvalue weighted by molar-refractivity contribution is 4.92. The molecule has 4 rings (SSSR count). The first-order valence-corrected chi connectivity index (χ1v) is 11.2. The zero-order chi connectivity index (χ0) is 16.2. The standard InChI is InChI=1S/C21H39N3/c1-2-4-6-8-18-10-11-20-13-15-23(21(20)16-18)24-17-19(12-14-22-24)9-7-5-3-1/h18-22H,1-17H2. The zero-order valence-electron chi connectivity index (χ0n) is 15.7. The number of hydrazine groups is 2. The first kappa shape index (κ1) is 17.3. The van der Waals surface area contributed by atoms with Crippen molar-refractivity contribution in [1.82, 2.24) is 15.6 Å². The van der Waals surface area contributed by atoms with Crippen LogP contribution in [0.4, 0.5) is 0 Å². The maximum absolute atomic E-state index is 3.74. The Morgan fingerprint density at radius 3 is 2.25 bits per heavy atom. The van der Waals surface area contributed by atoms with E-state index in [0.29, 0.717) is 0 Å². The number of rotatable bonds is 0. The SMILES string of the molecule is C1CCCCC2CCC3CCN(C3C2)N2CC(CCCC1)CCN2. The molecule has 1 saturated carbocycles. The predicted octanol–water partition coefficient (Wildman–Crippen LogP) is 4.74. The molecule has 24 heavy (non-hydrogen) atoms. The van der Waals surface area contributed by atoms with Crippen LogP contribution >= 0.6 is 0 Å². The molecule has 3 heterocycles. The molecule has 0 aromatic carbocycles. The van der Waals surface area contributed by atoms with Crippen LogP contribution in [-0.2, 0) is 0 Å². The van der Waals surface area contributed by atoms with E-state index in [4.69, 9.17) is 0 Å². The molecule has 4 aliphatic rings. The van der Waals surface area contributed by atoms with Crippen LogP contribution in [0.2, 0.25) is 0 Å². The maximum atomic E-state index is 3.74. The van der Waals surface area contributed by atoms with Crippen LogP contribution in [-0.4, -0.2) is 35.8 Å². The summed E-state index contributed by atoms with van der Waals surface area (Å²) in [4.78, 5) is 0. The minimum Gasteiger partial charge on any atom is -0.241 e. The monoisotopic (exact) mass is 333 g/mol. The molecule has 0 spiro atoms. The Balaban J connectivity index is 1.42. The van der Waals surface area contributed by atoms with Gasteiger partial charge in [-0.3, -0.25) is 0 Å². The summed E-state index contributed by atoms with van der Waals surface area (Å²) >= 11 is 0. The summed E-state index contributed by atoms with van der Waals surface area (Å²) in [7, 11) is 0. The third-order valence-corrected chi connectivity index (χ3v) is 7.49. The molecule has 0 aromatic heterocycles. The van der Waals surface area contributed by atoms with E-state index in [1.807, 2.05) is 0 Å². The molecule has 0 radical (unpaired) electrons. The van der Waals surface area contributed by atoms with Crippen LogP contribution in [0, 0.1) is 17.8 Å². The van der Waals surface area contributed by atoms with E-state index in [1.54, 1.807) is 0 Å². The molecule has 3 nitrogen and oxygen atoms in total. The van der Waals surface area contributed by atoms with E-state index >= 15 is 0 Å². The lowest BCUT2D eigenvalue weighted by Crippen LogP contribution is -2.58. The van der Waals surface area contributed by atoms with Crippen molar-refractivity contribution in [2.24, 2.45) is 17.8 Å². The highest BCUT2D eigenvalue weighted by atomic mass is 15.8. The fraction of sp³-hybridized carbons (Fsp3) is 1.00. The van der Waals surface area contributed by atoms with Gasteiger partial charge < -0.3 is 0 Å². The predicted molar refractivity (Wildman–Crippen MR) is 100 cm³/mol. The Labute approximate surface area is 149 Å². The molecule has 3 heteroatoms. The Morgan fingerprint density at radius 2 is 1.42 bits per heavy atom. The van der Waals surface area contributed by atoms with Crippen molar-refractivity contribution in [3.63, 3.8) is 0 Å². The second kappa shape index (κ2) is 8.51. The van der Waals surface area contributed by atoms with Crippen molar-refractivity contribution < 1.29 is 0 Å². The third-order valence-electron chi connectivity index (χ3n) is 7.49. The molecule has 5 unspecified atom stereocenters. The van der Waals surface area contributed by atoms with Crippen molar-refractivity contribution in [2.45, 2.75) is 95.9 Å². The Morgan fingerprint density at radius 1 is 0.667 bits per heavy atom. The first-order valence-electron chi connectivity index (χ1n) is 11.2. The molecule has 4 fully saturated rings. The number of hydrogen-bond donors (Lipinski definition) is 1. The van der Waals surface area contributed by atoms with E-state index in [2.05, 4.69) is 15.6 Å². The lowest BCUT2D eigenvalue weighted by molar-refractivity contribution is -0.120. The highest BCUT2D eigenvalue weighted by Gasteiger charge is 2.42. The van der Waals surface area contributed by atoms with Gasteiger partial charge in [0.2, 0.25) is 0 Å². The summed E-state index contributed by atoms with van der Waals surface area (Å²) < 4.78 is 0. The summed E-state index contributed by atoms with van der Waals surface area (Å²) in [6, 6.07) is 0.850. The average Bonchev–Trinajstić information content (AvgIpc) is 3.03. The molecule has 0 aromatic rings. The number of fused-ring (bicyclic) bond motifs is 4. The summed E-state index contributed by atoms with van der Waals surface area (Å²) in [5, 5.41) is 5.35. The summed E-state index contributed by atoms with van der Waals surface area (Å²) in [6.45, 7) is 3.78. The average molecular weight is 334 g/mol. The first-order chi connectivity index (χ1) is 11.9. The number of nitrogens with one attached hydrogen (secondary N) is 1. The maximum Gasteiger partial charge on any atom is 0.0319 e. The summed E-state index contributed by atoms with van der Waals surface area (Å²) in [5.41, 5.74) is 3.74. The molecule has 0 amide bonds. The largest absolute Gasteiger partial charge is 0.241 e. The highest BCUT2D eigenvalue weighted by Crippen LogP contribution is 2.41. The van der Waals surface area contributed by atoms with E-state index in [9.17, 15) is 0 Å². The smallest absolute Gasteiger partial charge is 0.0319 e. The zero-order valence-corrected chi connectivity index (χ0v) is 15.7. The second-order valence-corrected chi connectivity index (χ2v) is 9.16. The van der Waals surface area contributed by atoms with Gasteiger partial charge in [0.15, 0.2) is 0 Å². The molecule has 4 bridgehead atoms. The summed E-state index contributed by atoms with van der Waals surface area (Å²) in [6.07, 6.45) is 20.7. The van der Waals surface area contributed by atoms with Gasteiger partial charge in [0.25, 0.3) is 0 Å². The minimum absolute atomic E-state index is 0.850. The van der Waals surface area contributed by atoms with Crippen molar-refractivity contribution in [2.75, 3.05) is 19.6 Å². The van der Waals surface area contributed by atoms with Gasteiger partial charge in [-0.15, -0.1) is 0 Å². The van der Waals surface area contributed by atoms with Crippen LogP contribution in [0.25, 0.3) is 0 Å². The van der Waals surface area contributed by atoms with Gasteiger partial charge in [-0.1, -0.05) is 57.8 Å².